The minimum atomic E-state index is -3.60. The highest BCUT2D eigenvalue weighted by molar-refractivity contribution is 14.1. The Morgan fingerprint density at radius 1 is 1.16 bits per heavy atom. The number of carbonyl (C=O) groups is 1. The lowest BCUT2D eigenvalue weighted by molar-refractivity contribution is 0.102. The molecule has 2 rings (SSSR count). The van der Waals surface area contributed by atoms with Gasteiger partial charge in [-0.2, -0.15) is 0 Å². The number of hydrogen-bond acceptors (Lipinski definition) is 4. The predicted octanol–water partition coefficient (Wildman–Crippen LogP) is 3.19. The van der Waals surface area contributed by atoms with Gasteiger partial charge in [0.1, 0.15) is 5.75 Å². The summed E-state index contributed by atoms with van der Waals surface area (Å²) in [5, 5.41) is 2.77. The zero-order chi connectivity index (χ0) is 18.6. The number of halogens is 1. The maximum absolute atomic E-state index is 12.5. The highest BCUT2D eigenvalue weighted by atomic mass is 127. The Hall–Kier alpha value is -1.65. The molecule has 0 aromatic heterocycles. The maximum Gasteiger partial charge on any atom is 0.256 e. The van der Waals surface area contributed by atoms with Gasteiger partial charge in [-0.25, -0.2) is 12.7 Å². The molecule has 0 bridgehead atoms. The fourth-order valence-electron chi connectivity index (χ4n) is 2.05. The number of sulfonamides is 1. The normalized spacial score (nSPS) is 11.4. The van der Waals surface area contributed by atoms with Crippen LogP contribution in [0.25, 0.3) is 0 Å². The van der Waals surface area contributed by atoms with Crippen molar-refractivity contribution < 1.29 is 17.9 Å². The molecule has 0 aliphatic heterocycles. The SMILES string of the molecule is CCOc1ccc(NC(=O)c2cc(S(=O)(=O)N(C)C)ccc2I)cc1. The summed E-state index contributed by atoms with van der Waals surface area (Å²) in [5.41, 5.74) is 0.905. The van der Waals surface area contributed by atoms with Gasteiger partial charge in [-0.1, -0.05) is 0 Å². The van der Waals surface area contributed by atoms with E-state index in [4.69, 9.17) is 4.74 Å². The number of nitrogens with one attached hydrogen (secondary N) is 1. The first-order chi connectivity index (χ1) is 11.8. The van der Waals surface area contributed by atoms with Crippen LogP contribution in [0, 0.1) is 3.57 Å². The number of carbonyl (C=O) groups excluding carboxylic acids is 1. The quantitative estimate of drug-likeness (QED) is 0.653. The summed E-state index contributed by atoms with van der Waals surface area (Å²) in [6, 6.07) is 11.5. The van der Waals surface area contributed by atoms with Crippen molar-refractivity contribution in [2.24, 2.45) is 0 Å². The van der Waals surface area contributed by atoms with Crippen LogP contribution in [-0.4, -0.2) is 39.3 Å². The second-order valence-corrected chi connectivity index (χ2v) is 8.65. The molecule has 1 amide bonds. The molecule has 0 spiro atoms. The van der Waals surface area contributed by atoms with E-state index < -0.39 is 10.0 Å². The standard InChI is InChI=1S/C17H19IN2O4S/c1-4-24-13-7-5-12(6-8-13)19-17(21)15-11-14(9-10-16(15)18)25(22,23)20(2)3/h5-11H,4H2,1-3H3,(H,19,21). The number of ether oxygens (including phenoxy) is 1. The fraction of sp³-hybridized carbons (Fsp3) is 0.235. The Morgan fingerprint density at radius 2 is 1.80 bits per heavy atom. The third kappa shape index (κ3) is 4.71. The minimum absolute atomic E-state index is 0.0785. The minimum Gasteiger partial charge on any atom is -0.494 e. The molecule has 0 aliphatic carbocycles. The van der Waals surface area contributed by atoms with Gasteiger partial charge in [-0.15, -0.1) is 0 Å². The van der Waals surface area contributed by atoms with E-state index in [1.807, 2.05) is 29.5 Å². The molecule has 2 aromatic rings. The van der Waals surface area contributed by atoms with Crippen LogP contribution < -0.4 is 10.1 Å². The average Bonchev–Trinajstić information content (AvgIpc) is 2.56. The highest BCUT2D eigenvalue weighted by Gasteiger charge is 2.20. The number of amides is 1. The van der Waals surface area contributed by atoms with Gasteiger partial charge in [0, 0.05) is 23.4 Å². The Labute approximate surface area is 161 Å². The summed E-state index contributed by atoms with van der Waals surface area (Å²) in [6.45, 7) is 2.46. The molecule has 0 radical (unpaired) electrons. The average molecular weight is 474 g/mol. The van der Waals surface area contributed by atoms with Gasteiger partial charge in [-0.3, -0.25) is 4.79 Å². The Bertz CT molecular complexity index is 865. The van der Waals surface area contributed by atoms with Crippen molar-refractivity contribution in [3.8, 4) is 5.75 Å². The topological polar surface area (TPSA) is 75.7 Å². The van der Waals surface area contributed by atoms with Crippen LogP contribution in [0.1, 0.15) is 17.3 Å². The van der Waals surface area contributed by atoms with E-state index in [2.05, 4.69) is 5.32 Å². The van der Waals surface area contributed by atoms with E-state index in [1.165, 1.54) is 26.2 Å². The van der Waals surface area contributed by atoms with Gasteiger partial charge >= 0.3 is 0 Å². The van der Waals surface area contributed by atoms with Gasteiger partial charge in [0.05, 0.1) is 17.1 Å². The molecule has 2 aromatic carbocycles. The molecule has 0 heterocycles. The van der Waals surface area contributed by atoms with Crippen molar-refractivity contribution >= 4 is 44.2 Å². The summed E-state index contributed by atoms with van der Waals surface area (Å²) in [6.07, 6.45) is 0. The zero-order valence-corrected chi connectivity index (χ0v) is 17.1. The van der Waals surface area contributed by atoms with Crippen LogP contribution in [0.4, 0.5) is 5.69 Å². The molecular formula is C17H19IN2O4S. The third-order valence-corrected chi connectivity index (χ3v) is 6.14. The monoisotopic (exact) mass is 474 g/mol. The van der Waals surface area contributed by atoms with Crippen LogP contribution in [0.2, 0.25) is 0 Å². The number of anilines is 1. The smallest absolute Gasteiger partial charge is 0.256 e. The van der Waals surface area contributed by atoms with E-state index >= 15 is 0 Å². The molecule has 0 saturated heterocycles. The van der Waals surface area contributed by atoms with Crippen molar-refractivity contribution in [1.29, 1.82) is 0 Å². The predicted molar refractivity (Wildman–Crippen MR) is 106 cm³/mol. The molecule has 0 unspecified atom stereocenters. The number of benzene rings is 2. The Balaban J connectivity index is 2.27. The van der Waals surface area contributed by atoms with Gasteiger partial charge < -0.3 is 10.1 Å². The van der Waals surface area contributed by atoms with Crippen LogP contribution in [0.5, 0.6) is 5.75 Å². The molecule has 8 heteroatoms. The lowest BCUT2D eigenvalue weighted by Gasteiger charge is -2.13. The Kier molecular flexibility index (Phi) is 6.42. The summed E-state index contributed by atoms with van der Waals surface area (Å²) in [5.74, 6) is 0.346. The number of nitrogens with zero attached hydrogens (tertiary/aromatic N) is 1. The summed E-state index contributed by atoms with van der Waals surface area (Å²) in [7, 11) is -0.698. The van der Waals surface area contributed by atoms with Crippen molar-refractivity contribution in [2.45, 2.75) is 11.8 Å². The molecule has 1 N–H and O–H groups in total. The largest absolute Gasteiger partial charge is 0.494 e. The van der Waals surface area contributed by atoms with Crippen molar-refractivity contribution in [3.63, 3.8) is 0 Å². The van der Waals surface area contributed by atoms with E-state index in [0.29, 0.717) is 27.2 Å². The van der Waals surface area contributed by atoms with Gasteiger partial charge in [0.2, 0.25) is 10.0 Å². The lowest BCUT2D eigenvalue weighted by Crippen LogP contribution is -2.23. The molecule has 0 saturated carbocycles. The van der Waals surface area contributed by atoms with E-state index in [-0.39, 0.29) is 10.8 Å². The van der Waals surface area contributed by atoms with Crippen molar-refractivity contribution in [3.05, 3.63) is 51.6 Å². The molecule has 0 aliphatic rings. The highest BCUT2D eigenvalue weighted by Crippen LogP contribution is 2.22. The molecule has 0 atom stereocenters. The lowest BCUT2D eigenvalue weighted by atomic mass is 10.2. The van der Waals surface area contributed by atoms with E-state index in [0.717, 1.165) is 4.31 Å². The van der Waals surface area contributed by atoms with Gasteiger partial charge in [0.15, 0.2) is 0 Å². The zero-order valence-electron chi connectivity index (χ0n) is 14.1. The summed E-state index contributed by atoms with van der Waals surface area (Å²) in [4.78, 5) is 12.6. The van der Waals surface area contributed by atoms with Crippen molar-refractivity contribution in [2.75, 3.05) is 26.0 Å². The summed E-state index contributed by atoms with van der Waals surface area (Å²) < 4.78 is 31.6. The second-order valence-electron chi connectivity index (χ2n) is 5.34. The third-order valence-electron chi connectivity index (χ3n) is 3.38. The first-order valence-corrected chi connectivity index (χ1v) is 10.0. The molecule has 25 heavy (non-hydrogen) atoms. The van der Waals surface area contributed by atoms with E-state index in [1.54, 1.807) is 30.3 Å². The van der Waals surface area contributed by atoms with Crippen molar-refractivity contribution in [1.82, 2.24) is 4.31 Å². The van der Waals surface area contributed by atoms with Crippen LogP contribution in [0.3, 0.4) is 0 Å². The Morgan fingerprint density at radius 3 is 2.36 bits per heavy atom. The number of rotatable bonds is 6. The fourth-order valence-corrected chi connectivity index (χ4v) is 3.56. The van der Waals surface area contributed by atoms with Crippen LogP contribution in [-0.2, 0) is 10.0 Å². The van der Waals surface area contributed by atoms with E-state index in [9.17, 15) is 13.2 Å². The first kappa shape index (κ1) is 19.7. The second kappa shape index (κ2) is 8.15. The molecule has 0 fully saturated rings. The van der Waals surface area contributed by atoms with Crippen LogP contribution >= 0.6 is 22.6 Å². The molecule has 6 nitrogen and oxygen atoms in total. The van der Waals surface area contributed by atoms with Gasteiger partial charge in [-0.05, 0) is 72.0 Å². The maximum atomic E-state index is 12.5. The molecule has 134 valence electrons. The summed E-state index contributed by atoms with van der Waals surface area (Å²) >= 11 is 2.01. The van der Waals surface area contributed by atoms with Gasteiger partial charge in [0.25, 0.3) is 5.91 Å². The first-order valence-electron chi connectivity index (χ1n) is 7.52. The number of hydrogen-bond donors (Lipinski definition) is 1. The van der Waals surface area contributed by atoms with Crippen LogP contribution in [0.15, 0.2) is 47.4 Å². The molecular weight excluding hydrogens is 455 g/mol.